The number of aromatic hydroxyl groups is 1. The number of benzene rings is 2. The Kier molecular flexibility index (Phi) is 4.30. The van der Waals surface area contributed by atoms with Crippen LogP contribution in [0, 0.1) is 6.92 Å². The predicted octanol–water partition coefficient (Wildman–Crippen LogP) is 5.51. The monoisotopic (exact) mass is 438 g/mol. The van der Waals surface area contributed by atoms with Crippen LogP contribution in [0.4, 0.5) is 5.69 Å². The molecule has 5 rings (SSSR count). The summed E-state index contributed by atoms with van der Waals surface area (Å²) >= 11 is 7.44. The number of halogens is 1. The Morgan fingerprint density at radius 2 is 1.93 bits per heavy atom. The highest BCUT2D eigenvalue weighted by molar-refractivity contribution is 7.07. The third kappa shape index (κ3) is 2.86. The molecule has 0 unspecified atom stereocenters. The maximum Gasteiger partial charge on any atom is 0.196 e. The number of nitrogens with zero attached hydrogens (tertiary/aromatic N) is 2. The molecule has 0 saturated carbocycles. The number of aromatic nitrogens is 1. The summed E-state index contributed by atoms with van der Waals surface area (Å²) in [5.41, 5.74) is 2.55. The van der Waals surface area contributed by atoms with Gasteiger partial charge in [-0.05, 0) is 30.7 Å². The van der Waals surface area contributed by atoms with E-state index in [1.165, 1.54) is 23.7 Å². The lowest BCUT2D eigenvalue weighted by Crippen LogP contribution is -2.11. The van der Waals surface area contributed by atoms with Crippen molar-refractivity contribution in [1.29, 1.82) is 0 Å². The number of phenols is 1. The summed E-state index contributed by atoms with van der Waals surface area (Å²) in [6, 6.07) is 10.5. The fourth-order valence-corrected chi connectivity index (χ4v) is 4.51. The smallest absolute Gasteiger partial charge is 0.196 e. The molecule has 1 N–H and O–H groups in total. The normalized spacial score (nSPS) is 12.3. The van der Waals surface area contributed by atoms with Crippen LogP contribution in [-0.4, -0.2) is 9.67 Å². The molecule has 0 aliphatic carbocycles. The first-order valence-corrected chi connectivity index (χ1v) is 10.3. The van der Waals surface area contributed by atoms with Crippen molar-refractivity contribution in [2.45, 2.75) is 6.92 Å². The van der Waals surface area contributed by atoms with Gasteiger partial charge in [0.15, 0.2) is 27.1 Å². The lowest BCUT2D eigenvalue weighted by molar-refractivity contribution is 0.484. The summed E-state index contributed by atoms with van der Waals surface area (Å²) in [7, 11) is 1.91. The molecule has 0 amide bonds. The second-order valence-electron chi connectivity index (χ2n) is 6.87. The summed E-state index contributed by atoms with van der Waals surface area (Å²) < 4.78 is 13.4. The zero-order chi connectivity index (χ0) is 21.0. The number of phenolic OH excluding ortho intramolecular Hbond substituents is 1. The van der Waals surface area contributed by atoms with Crippen LogP contribution in [0.25, 0.3) is 33.2 Å². The van der Waals surface area contributed by atoms with Crippen LogP contribution in [0.3, 0.4) is 0 Å². The van der Waals surface area contributed by atoms with Gasteiger partial charge in [-0.15, -0.1) is 11.3 Å². The Labute approximate surface area is 178 Å². The zero-order valence-corrected chi connectivity index (χ0v) is 17.5. The molecule has 0 radical (unpaired) electrons. The summed E-state index contributed by atoms with van der Waals surface area (Å²) in [4.78, 5) is 18.0. The summed E-state index contributed by atoms with van der Waals surface area (Å²) in [5.74, 6) is 0.255. The number of hydrogen-bond donors (Lipinski definition) is 1. The maximum atomic E-state index is 12.6. The van der Waals surface area contributed by atoms with Crippen molar-refractivity contribution in [2.24, 2.45) is 12.0 Å². The first kappa shape index (κ1) is 18.7. The molecule has 8 heteroatoms. The highest BCUT2D eigenvalue weighted by atomic mass is 35.5. The molecule has 0 spiro atoms. The van der Waals surface area contributed by atoms with E-state index in [-0.39, 0.29) is 22.1 Å². The Bertz CT molecular complexity index is 1550. The minimum absolute atomic E-state index is 0.0883. The lowest BCUT2D eigenvalue weighted by atomic mass is 10.1. The largest absolute Gasteiger partial charge is 0.506 e. The van der Waals surface area contributed by atoms with Crippen LogP contribution >= 0.6 is 22.9 Å². The Balaban J connectivity index is 1.83. The molecule has 6 nitrogen and oxygen atoms in total. The number of hydrogen-bond acceptors (Lipinski definition) is 6. The molecule has 0 atom stereocenters. The van der Waals surface area contributed by atoms with Crippen molar-refractivity contribution >= 4 is 50.6 Å². The molecule has 3 aromatic heterocycles. The van der Waals surface area contributed by atoms with Crippen LogP contribution in [0.2, 0.25) is 5.02 Å². The second kappa shape index (κ2) is 6.90. The van der Waals surface area contributed by atoms with Gasteiger partial charge in [0.05, 0.1) is 17.3 Å². The number of furan rings is 1. The van der Waals surface area contributed by atoms with Gasteiger partial charge in [0.2, 0.25) is 0 Å². The number of thiazole rings is 1. The van der Waals surface area contributed by atoms with E-state index in [0.29, 0.717) is 32.2 Å². The first-order valence-electron chi connectivity index (χ1n) is 9.06. The molecule has 5 aromatic rings. The Morgan fingerprint density at radius 1 is 1.17 bits per heavy atom. The Morgan fingerprint density at radius 3 is 2.70 bits per heavy atom. The highest BCUT2D eigenvalue weighted by Gasteiger charge is 2.21. The van der Waals surface area contributed by atoms with E-state index in [0.717, 1.165) is 11.3 Å². The van der Waals surface area contributed by atoms with E-state index in [1.54, 1.807) is 13.0 Å². The van der Waals surface area contributed by atoms with Gasteiger partial charge < -0.3 is 18.5 Å². The van der Waals surface area contributed by atoms with E-state index in [4.69, 9.17) is 25.4 Å². The molecule has 2 aromatic carbocycles. The summed E-state index contributed by atoms with van der Waals surface area (Å²) in [6.07, 6.45) is 1.45. The molecule has 150 valence electrons. The minimum atomic E-state index is -0.330. The van der Waals surface area contributed by atoms with E-state index in [9.17, 15) is 9.90 Å². The fraction of sp³-hybridized carbons (Fsp3) is 0.0909. The zero-order valence-electron chi connectivity index (χ0n) is 16.0. The van der Waals surface area contributed by atoms with Gasteiger partial charge in [-0.2, -0.15) is 0 Å². The van der Waals surface area contributed by atoms with Gasteiger partial charge in [0.25, 0.3) is 0 Å². The van der Waals surface area contributed by atoms with Crippen molar-refractivity contribution < 1.29 is 13.9 Å². The van der Waals surface area contributed by atoms with Gasteiger partial charge >= 0.3 is 0 Å². The van der Waals surface area contributed by atoms with Gasteiger partial charge in [0, 0.05) is 23.5 Å². The van der Waals surface area contributed by atoms with E-state index < -0.39 is 0 Å². The third-order valence-electron chi connectivity index (χ3n) is 4.93. The van der Waals surface area contributed by atoms with Gasteiger partial charge in [-0.25, -0.2) is 4.99 Å². The van der Waals surface area contributed by atoms with Gasteiger partial charge in [-0.1, -0.05) is 23.7 Å². The quantitative estimate of drug-likeness (QED) is 0.394. The fourth-order valence-electron chi connectivity index (χ4n) is 3.47. The minimum Gasteiger partial charge on any atom is -0.506 e. The van der Waals surface area contributed by atoms with Gasteiger partial charge in [0.1, 0.15) is 16.9 Å². The number of fused-ring (bicyclic) bond motifs is 2. The predicted molar refractivity (Wildman–Crippen MR) is 118 cm³/mol. The number of aryl methyl sites for hydroxylation is 1. The first-order chi connectivity index (χ1) is 14.4. The highest BCUT2D eigenvalue weighted by Crippen LogP contribution is 2.41. The molecular weight excluding hydrogens is 424 g/mol. The average Bonchev–Trinajstić information content (AvgIpc) is 3.33. The topological polar surface area (TPSA) is 80.9 Å². The maximum absolute atomic E-state index is 12.6. The molecule has 0 saturated heterocycles. The van der Waals surface area contributed by atoms with Crippen LogP contribution in [0.5, 0.6) is 5.75 Å². The van der Waals surface area contributed by atoms with Crippen molar-refractivity contribution in [3.8, 4) is 17.0 Å². The molecular formula is C22H15ClN2O4S. The number of rotatable bonds is 2. The molecule has 30 heavy (non-hydrogen) atoms. The molecule has 0 aliphatic rings. The van der Waals surface area contributed by atoms with Crippen molar-refractivity contribution in [3.05, 3.63) is 73.8 Å². The SMILES string of the molecule is Cc1cc(=O)c2c(O)c3ccoc3c(N=c3scc(-c4ccc(Cl)cc4)n3C)c2o1. The second-order valence-corrected chi connectivity index (χ2v) is 8.14. The third-order valence-corrected chi connectivity index (χ3v) is 6.10. The standard InChI is InChI=1S/C22H15ClN2O4S/c1-11-9-16(26)17-19(27)14-7-8-28-20(14)18(21(17)29-11)24-22-25(2)15(10-30-22)12-3-5-13(23)6-4-12/h3-10,27H,1-2H3. The molecule has 3 heterocycles. The van der Waals surface area contributed by atoms with Crippen LogP contribution < -0.4 is 10.2 Å². The van der Waals surface area contributed by atoms with Gasteiger partial charge in [-0.3, -0.25) is 4.79 Å². The van der Waals surface area contributed by atoms with Crippen molar-refractivity contribution in [1.82, 2.24) is 4.57 Å². The molecule has 0 fully saturated rings. The van der Waals surface area contributed by atoms with Crippen LogP contribution in [-0.2, 0) is 7.05 Å². The van der Waals surface area contributed by atoms with E-state index >= 15 is 0 Å². The summed E-state index contributed by atoms with van der Waals surface area (Å²) in [6.45, 7) is 1.68. The molecule has 0 aliphatic heterocycles. The Hall–Kier alpha value is -3.29. The van der Waals surface area contributed by atoms with Crippen LogP contribution in [0.1, 0.15) is 5.76 Å². The molecule has 0 bridgehead atoms. The lowest BCUT2D eigenvalue weighted by Gasteiger charge is -2.06. The van der Waals surface area contributed by atoms with E-state index in [1.807, 2.05) is 41.3 Å². The van der Waals surface area contributed by atoms with Crippen molar-refractivity contribution in [2.75, 3.05) is 0 Å². The average molecular weight is 439 g/mol. The van der Waals surface area contributed by atoms with Crippen LogP contribution in [0.15, 0.2) is 66.7 Å². The summed E-state index contributed by atoms with van der Waals surface area (Å²) in [5, 5.41) is 13.8. The van der Waals surface area contributed by atoms with Crippen molar-refractivity contribution in [3.63, 3.8) is 0 Å². The van der Waals surface area contributed by atoms with E-state index in [2.05, 4.69) is 0 Å².